The smallest absolute Gasteiger partial charge is 0.222 e. The van der Waals surface area contributed by atoms with Crippen LogP contribution in [0.3, 0.4) is 0 Å². The van der Waals surface area contributed by atoms with E-state index in [0.29, 0.717) is 12.3 Å². The van der Waals surface area contributed by atoms with E-state index in [1.807, 2.05) is 11.8 Å². The summed E-state index contributed by atoms with van der Waals surface area (Å²) in [6.45, 7) is 5.11. The summed E-state index contributed by atoms with van der Waals surface area (Å²) in [5.74, 6) is 1.14. The standard InChI is InChI=1S/C12H22N2O/c1-2-12(15)14-8-5-10(6-9-14)11-4-3-7-13-11/h10-11,13H,2-9H2,1H3. The zero-order valence-electron chi connectivity index (χ0n) is 9.67. The molecule has 0 spiro atoms. The van der Waals surface area contributed by atoms with Crippen molar-refractivity contribution in [1.82, 2.24) is 10.2 Å². The van der Waals surface area contributed by atoms with Gasteiger partial charge in [-0.2, -0.15) is 0 Å². The normalized spacial score (nSPS) is 28.3. The molecule has 2 rings (SSSR count). The minimum Gasteiger partial charge on any atom is -0.343 e. The van der Waals surface area contributed by atoms with Crippen LogP contribution in [-0.4, -0.2) is 36.5 Å². The van der Waals surface area contributed by atoms with Crippen molar-refractivity contribution in [3.05, 3.63) is 0 Å². The van der Waals surface area contributed by atoms with Crippen molar-refractivity contribution >= 4 is 5.91 Å². The van der Waals surface area contributed by atoms with Crippen LogP contribution in [0.25, 0.3) is 0 Å². The molecule has 0 aromatic heterocycles. The van der Waals surface area contributed by atoms with Crippen LogP contribution in [0.1, 0.15) is 39.0 Å². The summed E-state index contributed by atoms with van der Waals surface area (Å²) >= 11 is 0. The van der Waals surface area contributed by atoms with Gasteiger partial charge in [-0.05, 0) is 38.1 Å². The Labute approximate surface area is 92.2 Å². The van der Waals surface area contributed by atoms with Crippen molar-refractivity contribution in [3.63, 3.8) is 0 Å². The molecule has 1 N–H and O–H groups in total. The number of carbonyl (C=O) groups excluding carboxylic acids is 1. The van der Waals surface area contributed by atoms with E-state index in [-0.39, 0.29) is 0 Å². The molecule has 0 saturated carbocycles. The number of piperidine rings is 1. The number of hydrogen-bond acceptors (Lipinski definition) is 2. The first-order chi connectivity index (χ1) is 7.31. The summed E-state index contributed by atoms with van der Waals surface area (Å²) in [5, 5.41) is 3.58. The number of nitrogens with one attached hydrogen (secondary N) is 1. The minimum atomic E-state index is 0.327. The Hall–Kier alpha value is -0.570. The number of amides is 1. The second-order valence-electron chi connectivity index (χ2n) is 4.77. The maximum Gasteiger partial charge on any atom is 0.222 e. The highest BCUT2D eigenvalue weighted by atomic mass is 16.2. The Morgan fingerprint density at radius 3 is 2.60 bits per heavy atom. The molecular weight excluding hydrogens is 188 g/mol. The first-order valence-corrected chi connectivity index (χ1v) is 6.32. The molecule has 2 saturated heterocycles. The quantitative estimate of drug-likeness (QED) is 0.747. The van der Waals surface area contributed by atoms with Gasteiger partial charge >= 0.3 is 0 Å². The zero-order chi connectivity index (χ0) is 10.7. The van der Waals surface area contributed by atoms with Crippen molar-refractivity contribution in [2.45, 2.75) is 45.1 Å². The number of hydrogen-bond donors (Lipinski definition) is 1. The SMILES string of the molecule is CCC(=O)N1CCC(C2CCCN2)CC1. The summed E-state index contributed by atoms with van der Waals surface area (Å²) < 4.78 is 0. The lowest BCUT2D eigenvalue weighted by atomic mass is 9.88. The van der Waals surface area contributed by atoms with Gasteiger partial charge in [-0.25, -0.2) is 0 Å². The molecule has 3 nitrogen and oxygen atoms in total. The number of likely N-dealkylation sites (tertiary alicyclic amines) is 1. The zero-order valence-corrected chi connectivity index (χ0v) is 9.67. The molecule has 0 aromatic rings. The molecule has 1 atom stereocenters. The van der Waals surface area contributed by atoms with Crippen LogP contribution in [-0.2, 0) is 4.79 Å². The van der Waals surface area contributed by atoms with Gasteiger partial charge in [-0.15, -0.1) is 0 Å². The fourth-order valence-corrected chi connectivity index (χ4v) is 2.89. The Kier molecular flexibility index (Phi) is 3.62. The first-order valence-electron chi connectivity index (χ1n) is 6.32. The van der Waals surface area contributed by atoms with E-state index in [0.717, 1.165) is 25.0 Å². The van der Waals surface area contributed by atoms with E-state index >= 15 is 0 Å². The fraction of sp³-hybridized carbons (Fsp3) is 0.917. The lowest BCUT2D eigenvalue weighted by molar-refractivity contribution is -0.132. The molecule has 15 heavy (non-hydrogen) atoms. The third-order valence-corrected chi connectivity index (χ3v) is 3.86. The molecule has 1 amide bonds. The number of rotatable bonds is 2. The predicted octanol–water partition coefficient (Wildman–Crippen LogP) is 1.39. The summed E-state index contributed by atoms with van der Waals surface area (Å²) in [6.07, 6.45) is 5.73. The second-order valence-corrected chi connectivity index (χ2v) is 4.77. The Morgan fingerprint density at radius 2 is 2.07 bits per heavy atom. The summed E-state index contributed by atoms with van der Waals surface area (Å²) in [7, 11) is 0. The average molecular weight is 210 g/mol. The molecule has 2 aliphatic rings. The fourth-order valence-electron chi connectivity index (χ4n) is 2.89. The van der Waals surface area contributed by atoms with Gasteiger partial charge in [0.25, 0.3) is 0 Å². The van der Waals surface area contributed by atoms with Gasteiger partial charge in [-0.1, -0.05) is 6.92 Å². The van der Waals surface area contributed by atoms with Gasteiger partial charge in [0.05, 0.1) is 0 Å². The van der Waals surface area contributed by atoms with Crippen LogP contribution >= 0.6 is 0 Å². The third kappa shape index (κ3) is 2.51. The van der Waals surface area contributed by atoms with Crippen molar-refractivity contribution in [1.29, 1.82) is 0 Å². The highest BCUT2D eigenvalue weighted by Crippen LogP contribution is 2.25. The molecule has 3 heteroatoms. The van der Waals surface area contributed by atoms with E-state index in [1.54, 1.807) is 0 Å². The minimum absolute atomic E-state index is 0.327. The van der Waals surface area contributed by atoms with Crippen LogP contribution < -0.4 is 5.32 Å². The van der Waals surface area contributed by atoms with E-state index in [2.05, 4.69) is 5.32 Å². The molecule has 0 radical (unpaired) electrons. The maximum absolute atomic E-state index is 11.5. The van der Waals surface area contributed by atoms with Crippen molar-refractivity contribution < 1.29 is 4.79 Å². The van der Waals surface area contributed by atoms with Gasteiger partial charge in [0.2, 0.25) is 5.91 Å². The van der Waals surface area contributed by atoms with Gasteiger partial charge in [0.1, 0.15) is 0 Å². The van der Waals surface area contributed by atoms with Crippen molar-refractivity contribution in [2.24, 2.45) is 5.92 Å². The molecule has 0 bridgehead atoms. The first kappa shape index (κ1) is 10.9. The molecule has 2 fully saturated rings. The van der Waals surface area contributed by atoms with E-state index < -0.39 is 0 Å². The van der Waals surface area contributed by atoms with Crippen LogP contribution in [0.5, 0.6) is 0 Å². The van der Waals surface area contributed by atoms with Crippen LogP contribution in [0, 0.1) is 5.92 Å². The van der Waals surface area contributed by atoms with Crippen LogP contribution in [0.15, 0.2) is 0 Å². The molecule has 0 aromatic carbocycles. The lowest BCUT2D eigenvalue weighted by Gasteiger charge is -2.34. The van der Waals surface area contributed by atoms with Gasteiger partial charge in [0.15, 0.2) is 0 Å². The molecule has 1 unspecified atom stereocenters. The molecule has 2 heterocycles. The Morgan fingerprint density at radius 1 is 1.33 bits per heavy atom. The highest BCUT2D eigenvalue weighted by Gasteiger charge is 2.29. The van der Waals surface area contributed by atoms with Crippen LogP contribution in [0.4, 0.5) is 0 Å². The molecule has 86 valence electrons. The summed E-state index contributed by atoms with van der Waals surface area (Å²) in [6, 6.07) is 0.740. The number of nitrogens with zero attached hydrogens (tertiary/aromatic N) is 1. The van der Waals surface area contributed by atoms with Gasteiger partial charge in [-0.3, -0.25) is 4.79 Å². The van der Waals surface area contributed by atoms with Crippen molar-refractivity contribution in [3.8, 4) is 0 Å². The predicted molar refractivity (Wildman–Crippen MR) is 60.6 cm³/mol. The third-order valence-electron chi connectivity index (χ3n) is 3.86. The second kappa shape index (κ2) is 4.97. The average Bonchev–Trinajstić information content (AvgIpc) is 2.82. The summed E-state index contributed by atoms with van der Waals surface area (Å²) in [4.78, 5) is 13.5. The van der Waals surface area contributed by atoms with E-state index in [9.17, 15) is 4.79 Å². The van der Waals surface area contributed by atoms with Crippen molar-refractivity contribution in [2.75, 3.05) is 19.6 Å². The summed E-state index contributed by atoms with van der Waals surface area (Å²) in [5.41, 5.74) is 0. The van der Waals surface area contributed by atoms with E-state index in [1.165, 1.54) is 32.2 Å². The molecule has 2 aliphatic heterocycles. The Bertz CT molecular complexity index is 216. The van der Waals surface area contributed by atoms with Gasteiger partial charge in [0, 0.05) is 25.6 Å². The topological polar surface area (TPSA) is 32.3 Å². The highest BCUT2D eigenvalue weighted by molar-refractivity contribution is 5.75. The molecular formula is C12H22N2O. The monoisotopic (exact) mass is 210 g/mol. The maximum atomic E-state index is 11.5. The molecule has 0 aliphatic carbocycles. The largest absolute Gasteiger partial charge is 0.343 e. The van der Waals surface area contributed by atoms with Gasteiger partial charge < -0.3 is 10.2 Å². The number of carbonyl (C=O) groups is 1. The van der Waals surface area contributed by atoms with Crippen LogP contribution in [0.2, 0.25) is 0 Å². The lowest BCUT2D eigenvalue weighted by Crippen LogP contribution is -2.43. The Balaban J connectivity index is 1.78. The van der Waals surface area contributed by atoms with E-state index in [4.69, 9.17) is 0 Å².